The van der Waals surface area contributed by atoms with E-state index < -0.39 is 34.2 Å². The lowest BCUT2D eigenvalue weighted by molar-refractivity contribution is 0.00578. The first-order chi connectivity index (χ1) is 13.4. The normalized spacial score (nSPS) is 18.5. The SMILES string of the molecule is Cc1ccc(S(=O)(=O)n2cc(B3OC(C)(C)C(C)(C)O3)c3c(F)ccnc32)cc1. The van der Waals surface area contributed by atoms with Crippen LogP contribution in [0.3, 0.4) is 0 Å². The average molecular weight is 416 g/mol. The fourth-order valence-electron chi connectivity index (χ4n) is 3.27. The minimum Gasteiger partial charge on any atom is -0.399 e. The highest BCUT2D eigenvalue weighted by atomic mass is 32.2. The molecule has 1 aliphatic rings. The van der Waals surface area contributed by atoms with Gasteiger partial charge in [0.15, 0.2) is 5.65 Å². The molecule has 2 aromatic heterocycles. The minimum atomic E-state index is -3.99. The van der Waals surface area contributed by atoms with E-state index in [-0.39, 0.29) is 15.9 Å². The highest BCUT2D eigenvalue weighted by Gasteiger charge is 2.53. The van der Waals surface area contributed by atoms with Gasteiger partial charge in [0.25, 0.3) is 10.0 Å². The van der Waals surface area contributed by atoms with Crippen LogP contribution in [-0.4, -0.2) is 35.7 Å². The van der Waals surface area contributed by atoms with Crippen molar-refractivity contribution in [3.63, 3.8) is 0 Å². The number of hydrogen-bond donors (Lipinski definition) is 0. The van der Waals surface area contributed by atoms with Crippen molar-refractivity contribution < 1.29 is 22.1 Å². The van der Waals surface area contributed by atoms with Gasteiger partial charge in [-0.3, -0.25) is 0 Å². The fourth-order valence-corrected chi connectivity index (χ4v) is 4.60. The minimum absolute atomic E-state index is 0.00436. The summed E-state index contributed by atoms with van der Waals surface area (Å²) in [6.07, 6.45) is 2.59. The molecule has 0 aliphatic carbocycles. The molecule has 3 aromatic rings. The largest absolute Gasteiger partial charge is 0.497 e. The third-order valence-electron chi connectivity index (χ3n) is 5.72. The number of halogens is 1. The van der Waals surface area contributed by atoms with Gasteiger partial charge < -0.3 is 9.31 Å². The van der Waals surface area contributed by atoms with Gasteiger partial charge in [0.1, 0.15) is 5.82 Å². The van der Waals surface area contributed by atoms with Crippen molar-refractivity contribution in [2.45, 2.75) is 50.7 Å². The van der Waals surface area contributed by atoms with E-state index in [1.165, 1.54) is 30.6 Å². The Morgan fingerprint density at radius 2 is 1.62 bits per heavy atom. The summed E-state index contributed by atoms with van der Waals surface area (Å²) in [6.45, 7) is 9.39. The summed E-state index contributed by atoms with van der Waals surface area (Å²) in [6, 6.07) is 7.65. The first-order valence-electron chi connectivity index (χ1n) is 9.27. The molecule has 4 rings (SSSR count). The topological polar surface area (TPSA) is 70.4 Å². The van der Waals surface area contributed by atoms with E-state index in [0.29, 0.717) is 5.46 Å². The number of rotatable bonds is 3. The Kier molecular flexibility index (Phi) is 4.42. The molecule has 0 spiro atoms. The molecule has 3 heterocycles. The van der Waals surface area contributed by atoms with Crippen LogP contribution in [0.2, 0.25) is 0 Å². The van der Waals surface area contributed by atoms with Crippen molar-refractivity contribution in [1.29, 1.82) is 0 Å². The van der Waals surface area contributed by atoms with Crippen LogP contribution in [-0.2, 0) is 19.3 Å². The number of fused-ring (bicyclic) bond motifs is 1. The van der Waals surface area contributed by atoms with E-state index in [1.807, 2.05) is 34.6 Å². The average Bonchev–Trinajstić information content (AvgIpc) is 3.12. The predicted octanol–water partition coefficient (Wildman–Crippen LogP) is 3.02. The zero-order valence-corrected chi connectivity index (χ0v) is 17.7. The van der Waals surface area contributed by atoms with E-state index >= 15 is 0 Å². The molecule has 0 bridgehead atoms. The third-order valence-corrected chi connectivity index (χ3v) is 7.38. The van der Waals surface area contributed by atoms with Gasteiger partial charge in [-0.05, 0) is 52.8 Å². The maximum atomic E-state index is 14.8. The summed E-state index contributed by atoms with van der Waals surface area (Å²) in [5, 5.41) is 0.0710. The van der Waals surface area contributed by atoms with E-state index in [2.05, 4.69) is 4.98 Å². The number of benzene rings is 1. The van der Waals surface area contributed by atoms with Crippen LogP contribution >= 0.6 is 0 Å². The third kappa shape index (κ3) is 3.08. The van der Waals surface area contributed by atoms with Crippen molar-refractivity contribution in [2.24, 2.45) is 0 Å². The Morgan fingerprint density at radius 1 is 1.03 bits per heavy atom. The molecule has 0 radical (unpaired) electrons. The Hall–Kier alpha value is -2.23. The van der Waals surface area contributed by atoms with Crippen LogP contribution in [0.4, 0.5) is 4.39 Å². The molecular formula is C20H22BFN2O4S. The molecule has 1 saturated heterocycles. The fraction of sp³-hybridized carbons (Fsp3) is 0.350. The van der Waals surface area contributed by atoms with E-state index in [4.69, 9.17) is 9.31 Å². The van der Waals surface area contributed by atoms with Gasteiger partial charge in [-0.25, -0.2) is 21.8 Å². The number of pyridine rings is 1. The molecule has 1 aromatic carbocycles. The molecule has 0 atom stereocenters. The number of hydrogen-bond acceptors (Lipinski definition) is 5. The van der Waals surface area contributed by atoms with Gasteiger partial charge in [0.2, 0.25) is 0 Å². The highest BCUT2D eigenvalue weighted by Crippen LogP contribution is 2.37. The first kappa shape index (κ1) is 20.1. The van der Waals surface area contributed by atoms with E-state index in [9.17, 15) is 12.8 Å². The van der Waals surface area contributed by atoms with E-state index in [1.54, 1.807) is 12.1 Å². The molecule has 9 heteroatoms. The van der Waals surface area contributed by atoms with Crippen LogP contribution in [0, 0.1) is 12.7 Å². The first-order valence-corrected chi connectivity index (χ1v) is 10.7. The Morgan fingerprint density at radius 3 is 2.21 bits per heavy atom. The predicted molar refractivity (Wildman–Crippen MR) is 109 cm³/mol. The monoisotopic (exact) mass is 416 g/mol. The lowest BCUT2D eigenvalue weighted by Crippen LogP contribution is -2.41. The maximum absolute atomic E-state index is 14.8. The van der Waals surface area contributed by atoms with Gasteiger partial charge in [-0.2, -0.15) is 0 Å². The smallest absolute Gasteiger partial charge is 0.399 e. The van der Waals surface area contributed by atoms with Crippen molar-refractivity contribution in [2.75, 3.05) is 0 Å². The maximum Gasteiger partial charge on any atom is 0.497 e. The summed E-state index contributed by atoms with van der Waals surface area (Å²) >= 11 is 0. The number of aromatic nitrogens is 2. The van der Waals surface area contributed by atoms with Crippen molar-refractivity contribution in [1.82, 2.24) is 8.96 Å². The second kappa shape index (κ2) is 6.39. The summed E-state index contributed by atoms with van der Waals surface area (Å²) in [7, 11) is -4.91. The van der Waals surface area contributed by atoms with Gasteiger partial charge in [0.05, 0.1) is 21.5 Å². The lowest BCUT2D eigenvalue weighted by atomic mass is 9.79. The summed E-state index contributed by atoms with van der Waals surface area (Å²) in [4.78, 5) is 4.24. The van der Waals surface area contributed by atoms with Crippen molar-refractivity contribution >= 4 is 33.6 Å². The lowest BCUT2D eigenvalue weighted by Gasteiger charge is -2.32. The van der Waals surface area contributed by atoms with E-state index in [0.717, 1.165) is 9.54 Å². The Labute approximate surface area is 169 Å². The summed E-state index contributed by atoms with van der Waals surface area (Å²) in [5.74, 6) is -0.586. The quantitative estimate of drug-likeness (QED) is 0.614. The summed E-state index contributed by atoms with van der Waals surface area (Å²) in [5.41, 5.74) is -0.0834. The number of nitrogens with zero attached hydrogens (tertiary/aromatic N) is 2. The van der Waals surface area contributed by atoms with Gasteiger partial charge >= 0.3 is 7.12 Å². The second-order valence-corrected chi connectivity index (χ2v) is 10.1. The Balaban J connectivity index is 1.92. The Bertz CT molecular complexity index is 1190. The highest BCUT2D eigenvalue weighted by molar-refractivity contribution is 7.90. The molecule has 0 N–H and O–H groups in total. The molecule has 29 heavy (non-hydrogen) atoms. The van der Waals surface area contributed by atoms with Crippen LogP contribution < -0.4 is 5.46 Å². The molecule has 0 saturated carbocycles. The van der Waals surface area contributed by atoms with Crippen LogP contribution in [0.25, 0.3) is 11.0 Å². The number of aryl methyl sites for hydroxylation is 1. The molecule has 6 nitrogen and oxygen atoms in total. The van der Waals surface area contributed by atoms with Crippen molar-refractivity contribution in [3.8, 4) is 0 Å². The van der Waals surface area contributed by atoms with Crippen LogP contribution in [0.15, 0.2) is 47.6 Å². The van der Waals surface area contributed by atoms with Gasteiger partial charge in [-0.15, -0.1) is 0 Å². The zero-order valence-electron chi connectivity index (χ0n) is 16.9. The van der Waals surface area contributed by atoms with Crippen LogP contribution in [0.1, 0.15) is 33.3 Å². The second-order valence-electron chi connectivity index (χ2n) is 8.28. The standard InChI is InChI=1S/C20H22BFN2O4S/c1-13-6-8-14(9-7-13)29(25,26)24-12-15(17-16(22)10-11-23-18(17)24)21-27-19(2,3)20(4,5)28-21/h6-12H,1-5H3. The van der Waals surface area contributed by atoms with Crippen LogP contribution in [0.5, 0.6) is 0 Å². The van der Waals surface area contributed by atoms with Crippen molar-refractivity contribution in [3.05, 3.63) is 54.1 Å². The molecule has 1 fully saturated rings. The molecule has 0 amide bonds. The molecule has 1 aliphatic heterocycles. The zero-order chi connectivity index (χ0) is 21.2. The molecular weight excluding hydrogens is 394 g/mol. The summed E-state index contributed by atoms with van der Waals surface area (Å²) < 4.78 is 54.4. The van der Waals surface area contributed by atoms with Gasteiger partial charge in [0, 0.05) is 17.9 Å². The molecule has 0 unspecified atom stereocenters. The van der Waals surface area contributed by atoms with Gasteiger partial charge in [-0.1, -0.05) is 17.7 Å². The molecule has 152 valence electrons.